The Bertz CT molecular complexity index is 428. The van der Waals surface area contributed by atoms with E-state index in [2.05, 4.69) is 0 Å². The van der Waals surface area contributed by atoms with Crippen LogP contribution in [0, 0.1) is 0 Å². The second-order valence-electron chi connectivity index (χ2n) is 5.28. The largest absolute Gasteiger partial charge is 0.508 e. The van der Waals surface area contributed by atoms with Gasteiger partial charge in [-0.1, -0.05) is 0 Å². The fourth-order valence-electron chi connectivity index (χ4n) is 2.68. The van der Waals surface area contributed by atoms with E-state index >= 15 is 0 Å². The lowest BCUT2D eigenvalue weighted by atomic mass is 9.96. The van der Waals surface area contributed by atoms with Crippen molar-refractivity contribution < 1.29 is 15.0 Å². The molecule has 104 valence electrons. The Labute approximate surface area is 113 Å². The van der Waals surface area contributed by atoms with E-state index < -0.39 is 6.10 Å². The highest BCUT2D eigenvalue weighted by atomic mass is 16.3. The Morgan fingerprint density at radius 3 is 2.68 bits per heavy atom. The highest BCUT2D eigenvalue weighted by Crippen LogP contribution is 2.23. The van der Waals surface area contributed by atoms with Gasteiger partial charge in [0.05, 0.1) is 6.10 Å². The molecule has 1 heterocycles. The quantitative estimate of drug-likeness (QED) is 0.878. The van der Waals surface area contributed by atoms with E-state index in [0.717, 1.165) is 25.8 Å². The number of hydrogen-bond donors (Lipinski definition) is 2. The molecule has 1 aromatic rings. The number of amides is 1. The van der Waals surface area contributed by atoms with E-state index in [1.165, 1.54) is 12.1 Å². The molecule has 0 aliphatic carbocycles. The number of benzene rings is 1. The van der Waals surface area contributed by atoms with Crippen molar-refractivity contribution in [2.24, 2.45) is 0 Å². The molecule has 19 heavy (non-hydrogen) atoms. The predicted octanol–water partition coefficient (Wildman–Crippen LogP) is 2.16. The van der Waals surface area contributed by atoms with Gasteiger partial charge < -0.3 is 15.1 Å². The zero-order chi connectivity index (χ0) is 13.8. The topological polar surface area (TPSA) is 60.8 Å². The molecule has 1 saturated heterocycles. The molecular weight excluding hydrogens is 242 g/mol. The van der Waals surface area contributed by atoms with E-state index in [0.29, 0.717) is 12.0 Å². The van der Waals surface area contributed by atoms with Crippen LogP contribution in [0.4, 0.5) is 0 Å². The lowest BCUT2D eigenvalue weighted by molar-refractivity contribution is 0.0515. The summed E-state index contributed by atoms with van der Waals surface area (Å²) in [4.78, 5) is 14.3. The Morgan fingerprint density at radius 1 is 1.37 bits per heavy atom. The van der Waals surface area contributed by atoms with Gasteiger partial charge in [0.1, 0.15) is 5.75 Å². The molecule has 1 aliphatic rings. The minimum Gasteiger partial charge on any atom is -0.508 e. The number of likely N-dealkylation sites (tertiary alicyclic amines) is 1. The molecule has 1 aromatic carbocycles. The molecule has 2 N–H and O–H groups in total. The van der Waals surface area contributed by atoms with Gasteiger partial charge in [-0.3, -0.25) is 4.79 Å². The molecule has 2 unspecified atom stereocenters. The van der Waals surface area contributed by atoms with E-state index in [4.69, 9.17) is 0 Å². The first-order valence-corrected chi connectivity index (χ1v) is 6.86. The fraction of sp³-hybridized carbons (Fsp3) is 0.533. The normalized spacial score (nSPS) is 21.2. The van der Waals surface area contributed by atoms with Crippen LogP contribution in [-0.2, 0) is 0 Å². The average Bonchev–Trinajstić information content (AvgIpc) is 2.39. The number of carbonyl (C=O) groups excluding carboxylic acids is 1. The van der Waals surface area contributed by atoms with Crippen molar-refractivity contribution in [3.63, 3.8) is 0 Å². The summed E-state index contributed by atoms with van der Waals surface area (Å²) in [5.41, 5.74) is 0.593. The molecular formula is C15H21NO3. The molecule has 0 radical (unpaired) electrons. The van der Waals surface area contributed by atoms with Crippen LogP contribution in [-0.4, -0.2) is 39.7 Å². The van der Waals surface area contributed by atoms with Crippen molar-refractivity contribution in [1.82, 2.24) is 4.90 Å². The average molecular weight is 263 g/mol. The van der Waals surface area contributed by atoms with Crippen LogP contribution in [0.3, 0.4) is 0 Å². The number of phenols is 1. The van der Waals surface area contributed by atoms with Gasteiger partial charge in [0, 0.05) is 18.2 Å². The summed E-state index contributed by atoms with van der Waals surface area (Å²) in [6.07, 6.45) is 3.31. The molecule has 0 saturated carbocycles. The third-order valence-corrected chi connectivity index (χ3v) is 3.62. The van der Waals surface area contributed by atoms with Crippen LogP contribution >= 0.6 is 0 Å². The van der Waals surface area contributed by atoms with Crippen molar-refractivity contribution in [3.05, 3.63) is 29.8 Å². The first-order valence-electron chi connectivity index (χ1n) is 6.86. The fourth-order valence-corrected chi connectivity index (χ4v) is 2.68. The second kappa shape index (κ2) is 6.06. The van der Waals surface area contributed by atoms with Crippen LogP contribution in [0.15, 0.2) is 24.3 Å². The molecule has 0 spiro atoms. The molecule has 1 aliphatic heterocycles. The lowest BCUT2D eigenvalue weighted by Crippen LogP contribution is -2.45. The summed E-state index contributed by atoms with van der Waals surface area (Å²) >= 11 is 0. The van der Waals surface area contributed by atoms with Crippen LogP contribution in [0.5, 0.6) is 5.75 Å². The van der Waals surface area contributed by atoms with E-state index in [-0.39, 0.29) is 17.7 Å². The van der Waals surface area contributed by atoms with Crippen molar-refractivity contribution in [2.45, 2.75) is 44.8 Å². The summed E-state index contributed by atoms with van der Waals surface area (Å²) in [5, 5.41) is 18.8. The third-order valence-electron chi connectivity index (χ3n) is 3.62. The lowest BCUT2D eigenvalue weighted by Gasteiger charge is -2.36. The van der Waals surface area contributed by atoms with Gasteiger partial charge in [-0.2, -0.15) is 0 Å². The number of phenolic OH excluding ortho intramolecular Hbond substituents is 1. The Morgan fingerprint density at radius 2 is 2.05 bits per heavy atom. The molecule has 1 amide bonds. The smallest absolute Gasteiger partial charge is 0.254 e. The summed E-state index contributed by atoms with van der Waals surface area (Å²) in [7, 11) is 0. The van der Waals surface area contributed by atoms with Crippen molar-refractivity contribution in [2.75, 3.05) is 6.54 Å². The summed E-state index contributed by atoms with van der Waals surface area (Å²) in [6.45, 7) is 2.51. The van der Waals surface area contributed by atoms with Gasteiger partial charge in [-0.15, -0.1) is 0 Å². The monoisotopic (exact) mass is 263 g/mol. The Hall–Kier alpha value is -1.55. The Balaban J connectivity index is 2.12. The first-order chi connectivity index (χ1) is 9.08. The predicted molar refractivity (Wildman–Crippen MR) is 73.1 cm³/mol. The van der Waals surface area contributed by atoms with Gasteiger partial charge in [-0.05, 0) is 56.9 Å². The van der Waals surface area contributed by atoms with Crippen molar-refractivity contribution in [1.29, 1.82) is 0 Å². The van der Waals surface area contributed by atoms with Crippen molar-refractivity contribution >= 4 is 5.91 Å². The summed E-state index contributed by atoms with van der Waals surface area (Å²) in [5.74, 6) is 0.154. The molecule has 2 atom stereocenters. The highest BCUT2D eigenvalue weighted by Gasteiger charge is 2.28. The maximum Gasteiger partial charge on any atom is 0.254 e. The number of aliphatic hydroxyl groups excluding tert-OH is 1. The molecule has 4 nitrogen and oxygen atoms in total. The number of rotatable bonds is 3. The number of nitrogens with zero attached hydrogens (tertiary/aromatic N) is 1. The SMILES string of the molecule is CC(O)CC1CCCCN1C(=O)c1ccc(O)cc1. The van der Waals surface area contributed by atoms with Crippen LogP contribution in [0.2, 0.25) is 0 Å². The standard InChI is InChI=1S/C15H21NO3/c1-11(17)10-13-4-2-3-9-16(13)15(19)12-5-7-14(18)8-6-12/h5-8,11,13,17-18H,2-4,9-10H2,1H3. The number of carbonyl (C=O) groups is 1. The number of aromatic hydroxyl groups is 1. The molecule has 4 heteroatoms. The molecule has 2 rings (SSSR count). The minimum absolute atomic E-state index is 0.00894. The maximum atomic E-state index is 12.5. The third kappa shape index (κ3) is 3.47. The molecule has 1 fully saturated rings. The number of piperidine rings is 1. The van der Waals surface area contributed by atoms with Crippen molar-refractivity contribution in [3.8, 4) is 5.75 Å². The summed E-state index contributed by atoms with van der Waals surface area (Å²) in [6, 6.07) is 6.47. The van der Waals surface area contributed by atoms with E-state index in [9.17, 15) is 15.0 Å². The van der Waals surface area contributed by atoms with E-state index in [1.807, 2.05) is 4.90 Å². The minimum atomic E-state index is -0.391. The van der Waals surface area contributed by atoms with Gasteiger partial charge in [0.25, 0.3) is 5.91 Å². The molecule has 0 bridgehead atoms. The molecule has 0 aromatic heterocycles. The van der Waals surface area contributed by atoms with Crippen LogP contribution in [0.1, 0.15) is 43.0 Å². The number of aliphatic hydroxyl groups is 1. The van der Waals surface area contributed by atoms with Gasteiger partial charge in [0.2, 0.25) is 0 Å². The van der Waals surface area contributed by atoms with Gasteiger partial charge >= 0.3 is 0 Å². The first kappa shape index (κ1) is 13.9. The van der Waals surface area contributed by atoms with Gasteiger partial charge in [-0.25, -0.2) is 0 Å². The van der Waals surface area contributed by atoms with Crippen LogP contribution in [0.25, 0.3) is 0 Å². The Kier molecular flexibility index (Phi) is 4.43. The summed E-state index contributed by atoms with van der Waals surface area (Å²) < 4.78 is 0. The van der Waals surface area contributed by atoms with E-state index in [1.54, 1.807) is 19.1 Å². The van der Waals surface area contributed by atoms with Crippen LogP contribution < -0.4 is 0 Å². The number of hydrogen-bond acceptors (Lipinski definition) is 3. The zero-order valence-electron chi connectivity index (χ0n) is 11.2. The van der Waals surface area contributed by atoms with Gasteiger partial charge in [0.15, 0.2) is 0 Å². The maximum absolute atomic E-state index is 12.5. The highest BCUT2D eigenvalue weighted by molar-refractivity contribution is 5.94. The second-order valence-corrected chi connectivity index (χ2v) is 5.28. The zero-order valence-corrected chi connectivity index (χ0v) is 11.2.